The van der Waals surface area contributed by atoms with Gasteiger partial charge in [0.15, 0.2) is 5.75 Å². The second-order valence-electron chi connectivity index (χ2n) is 8.28. The Morgan fingerprint density at radius 2 is 1.63 bits per heavy atom. The van der Waals surface area contributed by atoms with E-state index in [1.807, 2.05) is 0 Å². The number of amides is 2. The van der Waals surface area contributed by atoms with Gasteiger partial charge in [-0.15, -0.1) is 0 Å². The lowest BCUT2D eigenvalue weighted by molar-refractivity contribution is 0.0732. The molecular weight excluding hydrogens is 701 g/mol. The molecule has 0 aliphatic carbocycles. The van der Waals surface area contributed by atoms with Crippen molar-refractivity contribution < 1.29 is 23.9 Å². The van der Waals surface area contributed by atoms with Gasteiger partial charge in [0, 0.05) is 26.3 Å². The fraction of sp³-hybridized carbons (Fsp3) is 0.0345. The quantitative estimate of drug-likeness (QED) is 0.0838. The number of hydrogen-bond donors (Lipinski definition) is 2. The minimum Gasteiger partial charge on any atom is -0.497 e. The molecule has 0 unspecified atom stereocenters. The number of rotatable bonds is 8. The van der Waals surface area contributed by atoms with Crippen molar-refractivity contribution in [2.45, 2.75) is 0 Å². The van der Waals surface area contributed by atoms with Crippen LogP contribution in [0.3, 0.4) is 0 Å². The molecular formula is C29H19Br2Cl2N3O5. The van der Waals surface area contributed by atoms with Gasteiger partial charge in [0.1, 0.15) is 5.75 Å². The minimum absolute atomic E-state index is 0.200. The first kappa shape index (κ1) is 30.3. The molecule has 208 valence electrons. The number of ether oxygens (including phenoxy) is 2. The number of anilines is 1. The average molecular weight is 720 g/mol. The highest BCUT2D eigenvalue weighted by Gasteiger charge is 2.16. The molecule has 4 rings (SSSR count). The summed E-state index contributed by atoms with van der Waals surface area (Å²) >= 11 is 18.8. The van der Waals surface area contributed by atoms with Crippen LogP contribution in [0.5, 0.6) is 11.5 Å². The highest BCUT2D eigenvalue weighted by atomic mass is 79.9. The molecule has 0 aliphatic rings. The molecule has 0 saturated carbocycles. The molecule has 41 heavy (non-hydrogen) atoms. The maximum atomic E-state index is 12.8. The van der Waals surface area contributed by atoms with Gasteiger partial charge < -0.3 is 14.8 Å². The van der Waals surface area contributed by atoms with Crippen LogP contribution in [0.15, 0.2) is 92.9 Å². The van der Waals surface area contributed by atoms with Crippen LogP contribution in [-0.2, 0) is 0 Å². The van der Waals surface area contributed by atoms with Crippen LogP contribution >= 0.6 is 55.1 Å². The van der Waals surface area contributed by atoms with E-state index in [2.05, 4.69) is 47.7 Å². The van der Waals surface area contributed by atoms with Crippen LogP contribution in [0.1, 0.15) is 36.6 Å². The fourth-order valence-electron chi connectivity index (χ4n) is 3.50. The van der Waals surface area contributed by atoms with Gasteiger partial charge in [0.2, 0.25) is 0 Å². The van der Waals surface area contributed by atoms with Gasteiger partial charge in [-0.2, -0.15) is 5.10 Å². The molecule has 8 nitrogen and oxygen atoms in total. The van der Waals surface area contributed by atoms with E-state index in [9.17, 15) is 14.4 Å². The van der Waals surface area contributed by atoms with Crippen molar-refractivity contribution in [1.29, 1.82) is 0 Å². The van der Waals surface area contributed by atoms with Crippen LogP contribution in [0.4, 0.5) is 5.69 Å². The van der Waals surface area contributed by atoms with E-state index < -0.39 is 17.8 Å². The van der Waals surface area contributed by atoms with Crippen molar-refractivity contribution in [2.75, 3.05) is 12.4 Å². The molecule has 0 saturated heterocycles. The zero-order chi connectivity index (χ0) is 29.5. The van der Waals surface area contributed by atoms with Gasteiger partial charge in [0.25, 0.3) is 11.8 Å². The molecule has 0 spiro atoms. The van der Waals surface area contributed by atoms with Gasteiger partial charge in [0.05, 0.1) is 33.9 Å². The zero-order valence-corrected chi connectivity index (χ0v) is 25.8. The number of esters is 1. The van der Waals surface area contributed by atoms with Crippen molar-refractivity contribution in [3.05, 3.63) is 120 Å². The molecule has 4 aromatic rings. The summed E-state index contributed by atoms with van der Waals surface area (Å²) < 4.78 is 11.9. The SMILES string of the molecule is COc1ccc(C(=O)Oc2c(Br)cc(Br)cc2C=NNC(=O)c2cccc(NC(=O)c3ccc(Cl)cc3Cl)c2)cc1. The first-order chi connectivity index (χ1) is 19.6. The molecule has 0 atom stereocenters. The standard InChI is InChI=1S/C29H19Br2Cl2N3O5/c1-40-22-8-5-16(6-9-22)29(39)41-26-18(11-19(30)13-24(26)31)15-34-36-27(37)17-3-2-4-21(12-17)35-28(38)23-10-7-20(32)14-25(23)33/h2-15H,1H3,(H,35,38)(H,36,37). The monoisotopic (exact) mass is 717 g/mol. The second-order valence-corrected chi connectivity index (χ2v) is 10.9. The number of methoxy groups -OCH3 is 1. The van der Waals surface area contributed by atoms with Crippen molar-refractivity contribution in [3.8, 4) is 11.5 Å². The number of hydrogen-bond acceptors (Lipinski definition) is 6. The summed E-state index contributed by atoms with van der Waals surface area (Å²) in [6.07, 6.45) is 1.35. The summed E-state index contributed by atoms with van der Waals surface area (Å²) in [5.41, 5.74) is 4.02. The largest absolute Gasteiger partial charge is 0.497 e. The summed E-state index contributed by atoms with van der Waals surface area (Å²) in [7, 11) is 1.53. The van der Waals surface area contributed by atoms with E-state index in [1.165, 1.54) is 31.5 Å². The van der Waals surface area contributed by atoms with Crippen molar-refractivity contribution in [3.63, 3.8) is 0 Å². The Kier molecular flexibility index (Phi) is 10.2. The summed E-state index contributed by atoms with van der Waals surface area (Å²) in [6.45, 7) is 0. The van der Waals surface area contributed by atoms with E-state index >= 15 is 0 Å². The van der Waals surface area contributed by atoms with Gasteiger partial charge in [-0.25, -0.2) is 10.2 Å². The molecule has 0 radical (unpaired) electrons. The average Bonchev–Trinajstić information content (AvgIpc) is 2.94. The Balaban J connectivity index is 1.46. The molecule has 2 N–H and O–H groups in total. The van der Waals surface area contributed by atoms with Crippen LogP contribution in [0.2, 0.25) is 10.0 Å². The third-order valence-electron chi connectivity index (χ3n) is 5.49. The molecule has 0 aliphatic heterocycles. The Hall–Kier alpha value is -3.70. The first-order valence-corrected chi connectivity index (χ1v) is 14.0. The number of benzene rings is 4. The molecule has 0 aromatic heterocycles. The third-order valence-corrected chi connectivity index (χ3v) is 7.08. The van der Waals surface area contributed by atoms with E-state index in [1.54, 1.807) is 60.7 Å². The zero-order valence-electron chi connectivity index (χ0n) is 21.1. The lowest BCUT2D eigenvalue weighted by Gasteiger charge is -2.11. The van der Waals surface area contributed by atoms with Gasteiger partial charge >= 0.3 is 5.97 Å². The molecule has 0 heterocycles. The predicted molar refractivity (Wildman–Crippen MR) is 166 cm³/mol. The normalized spacial score (nSPS) is 10.8. The second kappa shape index (κ2) is 13.8. The third kappa shape index (κ3) is 7.95. The van der Waals surface area contributed by atoms with E-state index in [-0.39, 0.29) is 21.9 Å². The topological polar surface area (TPSA) is 106 Å². The first-order valence-electron chi connectivity index (χ1n) is 11.7. The van der Waals surface area contributed by atoms with Gasteiger partial charge in [-0.1, -0.05) is 45.2 Å². The lowest BCUT2D eigenvalue weighted by atomic mass is 10.1. The van der Waals surface area contributed by atoms with Crippen molar-refractivity contribution >= 4 is 84.7 Å². The van der Waals surface area contributed by atoms with Crippen LogP contribution in [0.25, 0.3) is 0 Å². The smallest absolute Gasteiger partial charge is 0.343 e. The highest BCUT2D eigenvalue weighted by molar-refractivity contribution is 9.11. The van der Waals surface area contributed by atoms with Crippen LogP contribution in [-0.4, -0.2) is 31.1 Å². The number of carbonyl (C=O) groups is 3. The number of carbonyl (C=O) groups excluding carboxylic acids is 3. The molecule has 0 fully saturated rings. The Labute approximate surface area is 261 Å². The summed E-state index contributed by atoms with van der Waals surface area (Å²) in [5.74, 6) is -0.772. The Bertz CT molecular complexity index is 1660. The van der Waals surface area contributed by atoms with E-state index in [4.69, 9.17) is 32.7 Å². The van der Waals surface area contributed by atoms with Gasteiger partial charge in [-0.3, -0.25) is 9.59 Å². The number of nitrogens with zero attached hydrogens (tertiary/aromatic N) is 1. The van der Waals surface area contributed by atoms with Crippen molar-refractivity contribution in [2.24, 2.45) is 5.10 Å². The molecule has 4 aromatic carbocycles. The maximum Gasteiger partial charge on any atom is 0.343 e. The minimum atomic E-state index is -0.590. The van der Waals surface area contributed by atoms with E-state index in [0.29, 0.717) is 36.5 Å². The number of nitrogens with one attached hydrogen (secondary N) is 2. The van der Waals surface area contributed by atoms with Crippen LogP contribution in [0, 0.1) is 0 Å². The summed E-state index contributed by atoms with van der Waals surface area (Å²) in [6, 6.07) is 20.7. The fourth-order valence-corrected chi connectivity index (χ4v) is 5.33. The number of hydrazone groups is 1. The molecule has 2 amide bonds. The maximum absolute atomic E-state index is 12.8. The summed E-state index contributed by atoms with van der Waals surface area (Å²) in [4.78, 5) is 38.2. The Morgan fingerprint density at radius 1 is 0.878 bits per heavy atom. The number of halogens is 4. The van der Waals surface area contributed by atoms with Gasteiger partial charge in [-0.05, 0) is 88.7 Å². The highest BCUT2D eigenvalue weighted by Crippen LogP contribution is 2.33. The molecule has 0 bridgehead atoms. The predicted octanol–water partition coefficient (Wildman–Crippen LogP) is 7.76. The van der Waals surface area contributed by atoms with Crippen molar-refractivity contribution in [1.82, 2.24) is 5.43 Å². The molecule has 12 heteroatoms. The Morgan fingerprint density at radius 3 is 2.34 bits per heavy atom. The van der Waals surface area contributed by atoms with Crippen LogP contribution < -0.4 is 20.2 Å². The summed E-state index contributed by atoms with van der Waals surface area (Å²) in [5, 5.41) is 7.34. The van der Waals surface area contributed by atoms with E-state index in [0.717, 1.165) is 0 Å². The lowest BCUT2D eigenvalue weighted by Crippen LogP contribution is -2.18.